The van der Waals surface area contributed by atoms with Crippen molar-refractivity contribution in [2.24, 2.45) is 5.41 Å². The molecule has 2 rings (SSSR count). The molecule has 0 atom stereocenters. The minimum atomic E-state index is -1.74. The van der Waals surface area contributed by atoms with Gasteiger partial charge in [-0.25, -0.2) is 0 Å². The largest absolute Gasteiger partial charge is 0.395 e. The molecule has 4 nitrogen and oxygen atoms in total. The fourth-order valence-corrected chi connectivity index (χ4v) is 2.51. The van der Waals surface area contributed by atoms with E-state index in [2.05, 4.69) is 0 Å². The van der Waals surface area contributed by atoms with Gasteiger partial charge in [0.1, 0.15) is 5.60 Å². The molecule has 0 aromatic heterocycles. The summed E-state index contributed by atoms with van der Waals surface area (Å²) < 4.78 is 0. The molecule has 0 saturated heterocycles. The highest BCUT2D eigenvalue weighted by Crippen LogP contribution is 2.34. The van der Waals surface area contributed by atoms with Gasteiger partial charge in [-0.05, 0) is 23.3 Å². The predicted molar refractivity (Wildman–Crippen MR) is 99.6 cm³/mol. The van der Waals surface area contributed by atoms with Crippen molar-refractivity contribution in [2.45, 2.75) is 5.60 Å². The molecule has 0 aliphatic rings. The first-order valence-corrected chi connectivity index (χ1v) is 8.13. The Morgan fingerprint density at radius 2 is 1.00 bits per heavy atom. The van der Waals surface area contributed by atoms with E-state index < -0.39 is 30.8 Å². The van der Waals surface area contributed by atoms with Crippen LogP contribution in [0.2, 0.25) is 0 Å². The molecule has 25 heavy (non-hydrogen) atoms. The highest BCUT2D eigenvalue weighted by Gasteiger charge is 2.46. The van der Waals surface area contributed by atoms with E-state index in [9.17, 15) is 20.4 Å². The van der Waals surface area contributed by atoms with Gasteiger partial charge >= 0.3 is 0 Å². The van der Waals surface area contributed by atoms with Gasteiger partial charge in [-0.1, -0.05) is 72.8 Å². The van der Waals surface area contributed by atoms with Crippen molar-refractivity contribution in [3.63, 3.8) is 0 Å². The average molecular weight is 340 g/mol. The minimum Gasteiger partial charge on any atom is -0.395 e. The van der Waals surface area contributed by atoms with Crippen LogP contribution in [0.3, 0.4) is 0 Å². The quantitative estimate of drug-likeness (QED) is 0.593. The van der Waals surface area contributed by atoms with Crippen molar-refractivity contribution in [2.75, 3.05) is 19.8 Å². The standard InChI is InChI=1S/C21H24O4/c22-15-20(16-23,17-24)21(25,13-11-18-7-3-1-4-8-18)14-12-19-9-5-2-6-10-19/h1-14,22-25H,15-17H2. The van der Waals surface area contributed by atoms with Crippen LogP contribution in [0.4, 0.5) is 0 Å². The lowest BCUT2D eigenvalue weighted by Gasteiger charge is -2.40. The highest BCUT2D eigenvalue weighted by molar-refractivity contribution is 5.56. The van der Waals surface area contributed by atoms with Crippen molar-refractivity contribution >= 4 is 12.2 Å². The van der Waals surface area contributed by atoms with Gasteiger partial charge in [0.15, 0.2) is 0 Å². The second-order valence-corrected chi connectivity index (χ2v) is 6.07. The number of hydrogen-bond donors (Lipinski definition) is 4. The zero-order valence-electron chi connectivity index (χ0n) is 14.0. The normalized spacial score (nSPS) is 14.9. The third-order valence-electron chi connectivity index (χ3n) is 4.42. The molecule has 2 aromatic carbocycles. The maximum absolute atomic E-state index is 11.2. The van der Waals surface area contributed by atoms with Gasteiger partial charge in [-0.3, -0.25) is 0 Å². The summed E-state index contributed by atoms with van der Waals surface area (Å²) in [6, 6.07) is 18.7. The lowest BCUT2D eigenvalue weighted by molar-refractivity contribution is -0.101. The second-order valence-electron chi connectivity index (χ2n) is 6.07. The molecule has 0 radical (unpaired) electrons. The van der Waals surface area contributed by atoms with E-state index in [1.165, 1.54) is 12.2 Å². The van der Waals surface area contributed by atoms with Crippen molar-refractivity contribution in [3.05, 3.63) is 83.9 Å². The Kier molecular flexibility index (Phi) is 6.67. The summed E-state index contributed by atoms with van der Waals surface area (Å²) in [6.07, 6.45) is 6.38. The van der Waals surface area contributed by atoms with Gasteiger partial charge in [0, 0.05) is 0 Å². The Morgan fingerprint density at radius 1 is 0.640 bits per heavy atom. The molecular formula is C21H24O4. The van der Waals surface area contributed by atoms with Crippen LogP contribution in [-0.2, 0) is 0 Å². The van der Waals surface area contributed by atoms with Gasteiger partial charge < -0.3 is 20.4 Å². The SMILES string of the molecule is OCC(CO)(CO)C(O)(C=Cc1ccccc1)C=Cc1ccccc1. The molecule has 0 saturated carbocycles. The fourth-order valence-electron chi connectivity index (χ4n) is 2.51. The zero-order chi connectivity index (χ0) is 18.2. The summed E-state index contributed by atoms with van der Waals surface area (Å²) in [4.78, 5) is 0. The molecule has 2 aromatic rings. The Bertz CT molecular complexity index is 631. The summed E-state index contributed by atoms with van der Waals surface area (Å²) in [5, 5.41) is 40.5. The van der Waals surface area contributed by atoms with Gasteiger partial charge in [-0.15, -0.1) is 0 Å². The van der Waals surface area contributed by atoms with Gasteiger partial charge in [0.25, 0.3) is 0 Å². The van der Waals surface area contributed by atoms with Crippen molar-refractivity contribution in [1.29, 1.82) is 0 Å². The summed E-state index contributed by atoms with van der Waals surface area (Å²) in [5.74, 6) is 0. The van der Waals surface area contributed by atoms with E-state index in [-0.39, 0.29) is 0 Å². The van der Waals surface area contributed by atoms with Crippen LogP contribution in [-0.4, -0.2) is 45.8 Å². The van der Waals surface area contributed by atoms with Gasteiger partial charge in [-0.2, -0.15) is 0 Å². The highest BCUT2D eigenvalue weighted by atomic mass is 16.3. The fraction of sp³-hybridized carbons (Fsp3) is 0.238. The topological polar surface area (TPSA) is 80.9 Å². The van der Waals surface area contributed by atoms with E-state index >= 15 is 0 Å². The summed E-state index contributed by atoms with van der Waals surface area (Å²) in [7, 11) is 0. The number of benzene rings is 2. The molecule has 0 unspecified atom stereocenters. The Hall–Kier alpha value is -2.24. The summed E-state index contributed by atoms with van der Waals surface area (Å²) in [6.45, 7) is -1.72. The number of hydrogen-bond acceptors (Lipinski definition) is 4. The van der Waals surface area contributed by atoms with Crippen LogP contribution in [0.15, 0.2) is 72.8 Å². The monoisotopic (exact) mass is 340 g/mol. The number of rotatable bonds is 8. The third kappa shape index (κ3) is 4.44. The molecule has 132 valence electrons. The van der Waals surface area contributed by atoms with E-state index in [0.717, 1.165) is 11.1 Å². The summed E-state index contributed by atoms with van der Waals surface area (Å²) >= 11 is 0. The lowest BCUT2D eigenvalue weighted by Crippen LogP contribution is -2.53. The zero-order valence-corrected chi connectivity index (χ0v) is 14.0. The maximum Gasteiger partial charge on any atom is 0.114 e. The maximum atomic E-state index is 11.2. The molecule has 4 heteroatoms. The first kappa shape index (κ1) is 19.1. The van der Waals surface area contributed by atoms with Crippen molar-refractivity contribution in [3.8, 4) is 0 Å². The van der Waals surface area contributed by atoms with Crippen LogP contribution in [0.5, 0.6) is 0 Å². The minimum absolute atomic E-state index is 0.575. The molecule has 0 bridgehead atoms. The Morgan fingerprint density at radius 3 is 1.32 bits per heavy atom. The van der Waals surface area contributed by atoms with E-state index in [1.54, 1.807) is 12.2 Å². The van der Waals surface area contributed by atoms with Crippen LogP contribution in [0.1, 0.15) is 11.1 Å². The molecule has 0 heterocycles. The van der Waals surface area contributed by atoms with E-state index in [0.29, 0.717) is 0 Å². The van der Waals surface area contributed by atoms with Crippen molar-refractivity contribution < 1.29 is 20.4 Å². The Balaban J connectivity index is 2.43. The van der Waals surface area contributed by atoms with Crippen LogP contribution in [0.25, 0.3) is 12.2 Å². The molecule has 0 fully saturated rings. The van der Waals surface area contributed by atoms with Crippen LogP contribution >= 0.6 is 0 Å². The lowest BCUT2D eigenvalue weighted by atomic mass is 9.72. The molecule has 0 aliphatic carbocycles. The van der Waals surface area contributed by atoms with Crippen LogP contribution < -0.4 is 0 Å². The van der Waals surface area contributed by atoms with E-state index in [1.807, 2.05) is 60.7 Å². The summed E-state index contributed by atoms with van der Waals surface area (Å²) in [5.41, 5.74) is -1.53. The number of aliphatic hydroxyl groups is 4. The molecular weight excluding hydrogens is 316 g/mol. The van der Waals surface area contributed by atoms with Gasteiger partial charge in [0.2, 0.25) is 0 Å². The average Bonchev–Trinajstić information content (AvgIpc) is 2.68. The third-order valence-corrected chi connectivity index (χ3v) is 4.42. The van der Waals surface area contributed by atoms with Crippen LogP contribution in [0, 0.1) is 5.41 Å². The number of aliphatic hydroxyl groups excluding tert-OH is 3. The molecule has 0 aliphatic heterocycles. The van der Waals surface area contributed by atoms with E-state index in [4.69, 9.17) is 0 Å². The Labute approximate surface area is 148 Å². The second kappa shape index (κ2) is 8.74. The smallest absolute Gasteiger partial charge is 0.114 e. The first-order chi connectivity index (χ1) is 12.1. The van der Waals surface area contributed by atoms with Gasteiger partial charge in [0.05, 0.1) is 25.2 Å². The van der Waals surface area contributed by atoms with Crippen molar-refractivity contribution in [1.82, 2.24) is 0 Å². The molecule has 4 N–H and O–H groups in total. The molecule has 0 spiro atoms. The first-order valence-electron chi connectivity index (χ1n) is 8.13. The predicted octanol–water partition coefficient (Wildman–Crippen LogP) is 2.11. The molecule has 0 amide bonds.